The minimum absolute atomic E-state index is 0. The second-order valence-electron chi connectivity index (χ2n) is 7.74. The van der Waals surface area contributed by atoms with Gasteiger partial charge in [0.2, 0.25) is 0 Å². The number of hydrogen-bond donors (Lipinski definition) is 1. The van der Waals surface area contributed by atoms with Crippen molar-refractivity contribution in [2.24, 2.45) is 0 Å². The van der Waals surface area contributed by atoms with E-state index in [4.69, 9.17) is 0 Å². The monoisotopic (exact) mass is 462 g/mol. The second-order valence-corrected chi connectivity index (χ2v) is 7.74. The number of aromatic nitrogens is 5. The van der Waals surface area contributed by atoms with Crippen LogP contribution in [-0.2, 0) is 6.42 Å². The summed E-state index contributed by atoms with van der Waals surface area (Å²) in [6.45, 7) is 5.96. The average molecular weight is 463 g/mol. The molecule has 1 aliphatic rings. The van der Waals surface area contributed by atoms with Crippen LogP contribution in [0.5, 0.6) is 0 Å². The van der Waals surface area contributed by atoms with Crippen molar-refractivity contribution in [3.63, 3.8) is 0 Å². The minimum Gasteiger partial charge on any atom is -0.317 e. The Morgan fingerprint density at radius 3 is 2.61 bits per heavy atom. The topological polar surface area (TPSA) is 68.0 Å². The molecule has 9 heteroatoms. The number of fused-ring (bicyclic) bond motifs is 2. The first-order chi connectivity index (χ1) is 14.1. The second kappa shape index (κ2) is 9.42. The summed E-state index contributed by atoms with van der Waals surface area (Å²) in [5.41, 5.74) is 5.67. The molecule has 0 atom stereocenters. The van der Waals surface area contributed by atoms with E-state index < -0.39 is 0 Å². The first kappa shape index (κ1) is 23.3. The van der Waals surface area contributed by atoms with Crippen LogP contribution in [0.15, 0.2) is 30.5 Å². The normalized spacial score (nSPS) is 14.4. The van der Waals surface area contributed by atoms with Crippen LogP contribution in [0.25, 0.3) is 27.8 Å². The van der Waals surface area contributed by atoms with Crippen LogP contribution >= 0.6 is 24.8 Å². The van der Waals surface area contributed by atoms with Crippen LogP contribution in [0.3, 0.4) is 0 Å². The maximum absolute atomic E-state index is 15.1. The number of nitrogens with one attached hydrogen (secondary N) is 1. The Labute approximate surface area is 192 Å². The van der Waals surface area contributed by atoms with Gasteiger partial charge < -0.3 is 5.32 Å². The van der Waals surface area contributed by atoms with Crippen molar-refractivity contribution in [3.05, 3.63) is 53.2 Å². The molecule has 0 aliphatic carbocycles. The zero-order valence-corrected chi connectivity index (χ0v) is 19.1. The summed E-state index contributed by atoms with van der Waals surface area (Å²) < 4.78 is 16.8. The van der Waals surface area contributed by atoms with Crippen molar-refractivity contribution in [1.82, 2.24) is 30.1 Å². The molecule has 1 aliphatic heterocycles. The van der Waals surface area contributed by atoms with E-state index in [2.05, 4.69) is 32.5 Å². The predicted molar refractivity (Wildman–Crippen MR) is 125 cm³/mol. The first-order valence-electron chi connectivity index (χ1n) is 10.2. The summed E-state index contributed by atoms with van der Waals surface area (Å²) in [6, 6.07) is 7.27. The predicted octanol–water partition coefficient (Wildman–Crippen LogP) is 4.66. The molecule has 0 unspecified atom stereocenters. The van der Waals surface area contributed by atoms with E-state index in [9.17, 15) is 0 Å². The number of hydrogen-bond acceptors (Lipinski definition) is 5. The van der Waals surface area contributed by atoms with Crippen LogP contribution in [0.4, 0.5) is 4.39 Å². The lowest BCUT2D eigenvalue weighted by Crippen LogP contribution is -2.27. The summed E-state index contributed by atoms with van der Waals surface area (Å²) in [5, 5.41) is 17.3. The molecule has 3 aromatic heterocycles. The van der Waals surface area contributed by atoms with Gasteiger partial charge in [0, 0.05) is 16.9 Å². The zero-order valence-electron chi connectivity index (χ0n) is 17.4. The quantitative estimate of drug-likeness (QED) is 0.479. The average Bonchev–Trinajstić information content (AvgIpc) is 3.13. The van der Waals surface area contributed by atoms with E-state index in [-0.39, 0.29) is 30.6 Å². The third-order valence-corrected chi connectivity index (χ3v) is 5.73. The Morgan fingerprint density at radius 2 is 1.87 bits per heavy atom. The van der Waals surface area contributed by atoms with E-state index in [1.807, 2.05) is 31.3 Å². The summed E-state index contributed by atoms with van der Waals surface area (Å²) in [7, 11) is 0. The van der Waals surface area contributed by atoms with Gasteiger partial charge in [-0.05, 0) is 69.1 Å². The molecule has 1 fully saturated rings. The van der Waals surface area contributed by atoms with Gasteiger partial charge >= 0.3 is 0 Å². The van der Waals surface area contributed by atoms with Gasteiger partial charge in [-0.2, -0.15) is 15.3 Å². The highest BCUT2D eigenvalue weighted by Crippen LogP contribution is 2.29. The van der Waals surface area contributed by atoms with Gasteiger partial charge in [-0.25, -0.2) is 13.9 Å². The number of rotatable bonds is 3. The Bertz CT molecular complexity index is 1220. The molecule has 0 saturated carbocycles. The molecule has 164 valence electrons. The van der Waals surface area contributed by atoms with Gasteiger partial charge in [-0.1, -0.05) is 6.92 Å². The van der Waals surface area contributed by atoms with Crippen LogP contribution < -0.4 is 5.32 Å². The molecule has 6 nitrogen and oxygen atoms in total. The highest BCUT2D eigenvalue weighted by Gasteiger charge is 2.19. The number of benzene rings is 1. The van der Waals surface area contributed by atoms with Gasteiger partial charge in [0.25, 0.3) is 0 Å². The number of aryl methyl sites for hydroxylation is 2. The van der Waals surface area contributed by atoms with E-state index >= 15 is 4.39 Å². The van der Waals surface area contributed by atoms with Gasteiger partial charge in [0.05, 0.1) is 28.8 Å². The van der Waals surface area contributed by atoms with Gasteiger partial charge in [-0.3, -0.25) is 0 Å². The van der Waals surface area contributed by atoms with Crippen molar-refractivity contribution in [1.29, 1.82) is 0 Å². The lowest BCUT2D eigenvalue weighted by atomic mass is 9.93. The van der Waals surface area contributed by atoms with E-state index in [1.54, 1.807) is 10.6 Å². The van der Waals surface area contributed by atoms with Gasteiger partial charge in [0.1, 0.15) is 5.82 Å². The van der Waals surface area contributed by atoms with E-state index in [1.165, 1.54) is 0 Å². The van der Waals surface area contributed by atoms with E-state index in [0.29, 0.717) is 28.1 Å². The van der Waals surface area contributed by atoms with Crippen LogP contribution in [0.2, 0.25) is 0 Å². The highest BCUT2D eigenvalue weighted by molar-refractivity contribution is 5.86. The molecule has 0 bridgehead atoms. The molecule has 1 saturated heterocycles. The first-order valence-corrected chi connectivity index (χ1v) is 10.2. The van der Waals surface area contributed by atoms with Crippen molar-refractivity contribution in [2.45, 2.75) is 39.0 Å². The fourth-order valence-electron chi connectivity index (χ4n) is 4.14. The maximum atomic E-state index is 15.1. The third-order valence-electron chi connectivity index (χ3n) is 5.73. The number of nitrogens with zero attached hydrogens (tertiary/aromatic N) is 5. The van der Waals surface area contributed by atoms with E-state index in [0.717, 1.165) is 55.0 Å². The zero-order chi connectivity index (χ0) is 20.0. The number of imidazole rings is 1. The molecule has 0 spiro atoms. The fourth-order valence-corrected chi connectivity index (χ4v) is 4.14. The smallest absolute Gasteiger partial charge is 0.156 e. The molecule has 31 heavy (non-hydrogen) atoms. The van der Waals surface area contributed by atoms with Crippen molar-refractivity contribution >= 4 is 41.4 Å². The SMILES string of the molecule is CCc1cc(-c2cc(F)c3cc(C4CCNCC4)nnc3c2)nn2cc(C)nc12.Cl.Cl. The van der Waals surface area contributed by atoms with Crippen molar-refractivity contribution < 1.29 is 4.39 Å². The van der Waals surface area contributed by atoms with Crippen LogP contribution in [0, 0.1) is 12.7 Å². The summed E-state index contributed by atoms with van der Waals surface area (Å²) in [5.74, 6) is 0.0530. The molecule has 0 amide bonds. The highest BCUT2D eigenvalue weighted by atomic mass is 35.5. The number of halogens is 3. The Morgan fingerprint density at radius 1 is 1.10 bits per heavy atom. The van der Waals surface area contributed by atoms with Crippen LogP contribution in [0.1, 0.15) is 42.6 Å². The summed E-state index contributed by atoms with van der Waals surface area (Å²) in [4.78, 5) is 4.54. The summed E-state index contributed by atoms with van der Waals surface area (Å²) >= 11 is 0. The molecule has 4 heterocycles. The molecule has 4 aromatic rings. The largest absolute Gasteiger partial charge is 0.317 e. The van der Waals surface area contributed by atoms with Gasteiger partial charge in [0.15, 0.2) is 5.65 Å². The molecular weight excluding hydrogens is 438 g/mol. The standard InChI is InChI=1S/C22H23FN6.2ClH/c1-3-14-9-20(28-29-12-13(2)25-22(14)29)16-8-18(23)17-11-19(26-27-21(17)10-16)15-4-6-24-7-5-15;;/h8-12,15,24H,3-7H2,1-2H3;2*1H. The fraction of sp³-hybridized carbons (Fsp3) is 0.364. The molecule has 1 aromatic carbocycles. The summed E-state index contributed by atoms with van der Waals surface area (Å²) in [6.07, 6.45) is 4.73. The minimum atomic E-state index is -0.288. The van der Waals surface area contributed by atoms with Crippen LogP contribution in [-0.4, -0.2) is 37.9 Å². The number of piperidine rings is 1. The Balaban J connectivity index is 0.00000136. The Kier molecular flexibility index (Phi) is 7.09. The molecular formula is C22H25Cl2FN6. The third kappa shape index (κ3) is 4.35. The van der Waals surface area contributed by atoms with Gasteiger partial charge in [-0.15, -0.1) is 24.8 Å². The van der Waals surface area contributed by atoms with Crippen molar-refractivity contribution in [3.8, 4) is 11.3 Å². The maximum Gasteiger partial charge on any atom is 0.156 e. The van der Waals surface area contributed by atoms with Crippen molar-refractivity contribution in [2.75, 3.05) is 13.1 Å². The molecule has 0 radical (unpaired) electrons. The Hall–Kier alpha value is -2.35. The lowest BCUT2D eigenvalue weighted by molar-refractivity contribution is 0.451. The lowest BCUT2D eigenvalue weighted by Gasteiger charge is -2.21. The molecule has 1 N–H and O–H groups in total. The molecule has 5 rings (SSSR count).